The second-order valence-corrected chi connectivity index (χ2v) is 6.97. The zero-order valence-corrected chi connectivity index (χ0v) is 13.9. The Balaban J connectivity index is 3.03. The van der Waals surface area contributed by atoms with Crippen molar-refractivity contribution in [3.05, 3.63) is 29.3 Å². The summed E-state index contributed by atoms with van der Waals surface area (Å²) in [7, 11) is -1.06. The summed E-state index contributed by atoms with van der Waals surface area (Å²) >= 11 is 5.74. The van der Waals surface area contributed by atoms with E-state index in [1.165, 1.54) is 38.4 Å². The molecule has 0 spiro atoms. The standard InChI is InChI=1S/C13H19ClN2O4S/c1-9(2)12(13(17)16(3)20-4)15-21(18,19)11-7-5-10(14)6-8-11/h5-9,12,15H,1-4H3/t12-/m0/s1. The van der Waals surface area contributed by atoms with Crippen LogP contribution in [0, 0.1) is 5.92 Å². The van der Waals surface area contributed by atoms with E-state index in [-0.39, 0.29) is 10.8 Å². The molecule has 0 aliphatic carbocycles. The molecule has 0 saturated heterocycles. The van der Waals surface area contributed by atoms with E-state index < -0.39 is 22.0 Å². The number of rotatable bonds is 6. The highest BCUT2D eigenvalue weighted by Gasteiger charge is 2.30. The van der Waals surface area contributed by atoms with Gasteiger partial charge in [-0.25, -0.2) is 13.5 Å². The highest BCUT2D eigenvalue weighted by molar-refractivity contribution is 7.89. The summed E-state index contributed by atoms with van der Waals surface area (Å²) in [5, 5.41) is 1.43. The van der Waals surface area contributed by atoms with Crippen LogP contribution in [0.25, 0.3) is 0 Å². The molecule has 0 unspecified atom stereocenters. The summed E-state index contributed by atoms with van der Waals surface area (Å²) in [6.45, 7) is 3.49. The molecule has 0 aliphatic rings. The topological polar surface area (TPSA) is 75.7 Å². The van der Waals surface area contributed by atoms with E-state index in [0.717, 1.165) is 5.06 Å². The van der Waals surface area contributed by atoms with Gasteiger partial charge in [-0.1, -0.05) is 25.4 Å². The van der Waals surface area contributed by atoms with Gasteiger partial charge in [-0.2, -0.15) is 4.72 Å². The number of carbonyl (C=O) groups excluding carboxylic acids is 1. The van der Waals surface area contributed by atoms with E-state index in [2.05, 4.69) is 4.72 Å². The van der Waals surface area contributed by atoms with Crippen LogP contribution in [0.2, 0.25) is 5.02 Å². The van der Waals surface area contributed by atoms with Gasteiger partial charge in [-0.15, -0.1) is 0 Å². The Bertz CT molecular complexity index is 587. The van der Waals surface area contributed by atoms with Crippen LogP contribution < -0.4 is 4.72 Å². The van der Waals surface area contributed by atoms with Crippen LogP contribution in [0.15, 0.2) is 29.2 Å². The first-order valence-electron chi connectivity index (χ1n) is 6.28. The lowest BCUT2D eigenvalue weighted by atomic mass is 10.1. The lowest BCUT2D eigenvalue weighted by Crippen LogP contribution is -2.49. The molecule has 0 aliphatic heterocycles. The number of nitrogens with zero attached hydrogens (tertiary/aromatic N) is 1. The quantitative estimate of drug-likeness (QED) is 0.803. The number of sulfonamides is 1. The normalized spacial score (nSPS) is 13.2. The van der Waals surface area contributed by atoms with Crippen molar-refractivity contribution in [2.24, 2.45) is 5.92 Å². The van der Waals surface area contributed by atoms with Gasteiger partial charge in [0.05, 0.1) is 12.0 Å². The van der Waals surface area contributed by atoms with E-state index in [1.54, 1.807) is 13.8 Å². The summed E-state index contributed by atoms with van der Waals surface area (Å²) < 4.78 is 27.0. The fourth-order valence-electron chi connectivity index (χ4n) is 1.61. The number of amides is 1. The molecule has 0 fully saturated rings. The molecule has 0 aromatic heterocycles. The number of hydrogen-bond acceptors (Lipinski definition) is 4. The van der Waals surface area contributed by atoms with Crippen molar-refractivity contribution in [2.45, 2.75) is 24.8 Å². The second-order valence-electron chi connectivity index (χ2n) is 4.82. The Morgan fingerprint density at radius 3 is 2.24 bits per heavy atom. The van der Waals surface area contributed by atoms with Crippen LogP contribution in [-0.4, -0.2) is 39.6 Å². The minimum absolute atomic E-state index is 0.0467. The number of likely N-dealkylation sites (N-methyl/N-ethyl adjacent to an activating group) is 1. The van der Waals surface area contributed by atoms with Gasteiger partial charge in [0.2, 0.25) is 10.0 Å². The molecule has 1 N–H and O–H groups in total. The maximum Gasteiger partial charge on any atom is 0.264 e. The number of carbonyl (C=O) groups is 1. The minimum Gasteiger partial charge on any atom is -0.275 e. The number of halogens is 1. The van der Waals surface area contributed by atoms with E-state index >= 15 is 0 Å². The second kappa shape index (κ2) is 7.22. The zero-order chi connectivity index (χ0) is 16.2. The van der Waals surface area contributed by atoms with E-state index in [4.69, 9.17) is 16.4 Å². The van der Waals surface area contributed by atoms with Crippen molar-refractivity contribution < 1.29 is 18.0 Å². The van der Waals surface area contributed by atoms with Crippen molar-refractivity contribution in [3.63, 3.8) is 0 Å². The largest absolute Gasteiger partial charge is 0.275 e. The molecule has 0 radical (unpaired) electrons. The van der Waals surface area contributed by atoms with Crippen molar-refractivity contribution in [1.82, 2.24) is 9.79 Å². The van der Waals surface area contributed by atoms with E-state index in [0.29, 0.717) is 5.02 Å². The zero-order valence-electron chi connectivity index (χ0n) is 12.3. The lowest BCUT2D eigenvalue weighted by molar-refractivity contribution is -0.171. The fourth-order valence-corrected chi connectivity index (χ4v) is 3.07. The molecule has 21 heavy (non-hydrogen) atoms. The molecule has 1 amide bonds. The molecule has 0 heterocycles. The summed E-state index contributed by atoms with van der Waals surface area (Å²) in [5.74, 6) is -0.706. The van der Waals surface area contributed by atoms with Gasteiger partial charge in [0.25, 0.3) is 5.91 Å². The SMILES string of the molecule is CON(C)C(=O)[C@@H](NS(=O)(=O)c1ccc(Cl)cc1)C(C)C. The molecule has 1 aromatic rings. The first-order chi connectivity index (χ1) is 9.69. The van der Waals surface area contributed by atoms with Crippen LogP contribution in [0.1, 0.15) is 13.8 Å². The molecule has 0 saturated carbocycles. The van der Waals surface area contributed by atoms with Gasteiger partial charge in [0.1, 0.15) is 6.04 Å². The van der Waals surface area contributed by atoms with Crippen molar-refractivity contribution in [1.29, 1.82) is 0 Å². The van der Waals surface area contributed by atoms with Crippen LogP contribution in [-0.2, 0) is 19.7 Å². The molecule has 1 rings (SSSR count). The van der Waals surface area contributed by atoms with Gasteiger partial charge < -0.3 is 0 Å². The summed E-state index contributed by atoms with van der Waals surface area (Å²) in [5.41, 5.74) is 0. The van der Waals surface area contributed by atoms with Gasteiger partial charge in [0.15, 0.2) is 0 Å². The van der Waals surface area contributed by atoms with E-state index in [9.17, 15) is 13.2 Å². The lowest BCUT2D eigenvalue weighted by Gasteiger charge is -2.25. The van der Waals surface area contributed by atoms with Crippen molar-refractivity contribution in [2.75, 3.05) is 14.2 Å². The summed E-state index contributed by atoms with van der Waals surface area (Å²) in [4.78, 5) is 17.0. The highest BCUT2D eigenvalue weighted by Crippen LogP contribution is 2.16. The first kappa shape index (κ1) is 17.9. The third-order valence-electron chi connectivity index (χ3n) is 2.92. The Morgan fingerprint density at radius 1 is 1.29 bits per heavy atom. The molecule has 1 atom stereocenters. The maximum absolute atomic E-state index is 12.3. The predicted octanol–water partition coefficient (Wildman–Crippen LogP) is 1.66. The van der Waals surface area contributed by atoms with Gasteiger partial charge in [0, 0.05) is 12.1 Å². The Kier molecular flexibility index (Phi) is 6.15. The Labute approximate surface area is 130 Å². The van der Waals surface area contributed by atoms with Crippen molar-refractivity contribution >= 4 is 27.5 Å². The van der Waals surface area contributed by atoms with Gasteiger partial charge in [-0.05, 0) is 30.2 Å². The van der Waals surface area contributed by atoms with Crippen LogP contribution in [0.3, 0.4) is 0 Å². The van der Waals surface area contributed by atoms with Gasteiger partial charge >= 0.3 is 0 Å². The number of benzene rings is 1. The van der Waals surface area contributed by atoms with Crippen molar-refractivity contribution in [3.8, 4) is 0 Å². The third kappa shape index (κ3) is 4.67. The first-order valence-corrected chi connectivity index (χ1v) is 8.14. The molecule has 6 nitrogen and oxygen atoms in total. The third-order valence-corrected chi connectivity index (χ3v) is 4.63. The maximum atomic E-state index is 12.3. The highest BCUT2D eigenvalue weighted by atomic mass is 35.5. The molecular weight excluding hydrogens is 316 g/mol. The molecule has 1 aromatic carbocycles. The fraction of sp³-hybridized carbons (Fsp3) is 0.462. The molecule has 8 heteroatoms. The Hall–Kier alpha value is -1.15. The van der Waals surface area contributed by atoms with Crippen LogP contribution in [0.4, 0.5) is 0 Å². The number of hydroxylamine groups is 2. The molecule has 118 valence electrons. The van der Waals surface area contributed by atoms with Crippen LogP contribution in [0.5, 0.6) is 0 Å². The minimum atomic E-state index is -3.82. The summed E-state index contributed by atoms with van der Waals surface area (Å²) in [6.07, 6.45) is 0. The smallest absolute Gasteiger partial charge is 0.264 e. The number of nitrogens with one attached hydrogen (secondary N) is 1. The average molecular weight is 335 g/mol. The Morgan fingerprint density at radius 2 is 1.81 bits per heavy atom. The monoisotopic (exact) mass is 334 g/mol. The summed E-state index contributed by atoms with van der Waals surface area (Å²) in [6, 6.07) is 4.79. The van der Waals surface area contributed by atoms with Crippen LogP contribution >= 0.6 is 11.6 Å². The number of hydrogen-bond donors (Lipinski definition) is 1. The van der Waals surface area contributed by atoms with Gasteiger partial charge in [-0.3, -0.25) is 9.63 Å². The predicted molar refractivity (Wildman–Crippen MR) is 80.2 cm³/mol. The van der Waals surface area contributed by atoms with E-state index in [1.807, 2.05) is 0 Å². The molecular formula is C13H19ClN2O4S. The molecule has 0 bridgehead atoms. The average Bonchev–Trinajstić information content (AvgIpc) is 2.43.